The van der Waals surface area contributed by atoms with E-state index in [1.165, 1.54) is 34.8 Å². The molecule has 136 valence electrons. The number of carbonyl (C=O) groups is 1. The van der Waals surface area contributed by atoms with E-state index in [1.54, 1.807) is 13.2 Å². The Morgan fingerprint density at radius 1 is 1.19 bits per heavy atom. The molecule has 0 bridgehead atoms. The summed E-state index contributed by atoms with van der Waals surface area (Å²) in [6.45, 7) is 0. The van der Waals surface area contributed by atoms with Gasteiger partial charge in [0, 0.05) is 10.9 Å². The highest BCUT2D eigenvalue weighted by atomic mass is 32.1. The number of carbonyl (C=O) groups excluding carboxylic acids is 1. The lowest BCUT2D eigenvalue weighted by Gasteiger charge is -2.00. The first kappa shape index (κ1) is 17.6. The molecule has 0 unspecified atom stereocenters. The van der Waals surface area contributed by atoms with E-state index in [1.807, 2.05) is 29.6 Å². The van der Waals surface area contributed by atoms with Gasteiger partial charge in [0.25, 0.3) is 0 Å². The largest absolute Gasteiger partial charge is 0.497 e. The molecule has 0 radical (unpaired) electrons. The Hall–Kier alpha value is -2.84. The van der Waals surface area contributed by atoms with E-state index in [0.717, 1.165) is 16.3 Å². The smallest absolute Gasteiger partial charge is 0.232 e. The minimum Gasteiger partial charge on any atom is -0.497 e. The summed E-state index contributed by atoms with van der Waals surface area (Å²) in [6, 6.07) is 12.0. The molecule has 0 aliphatic rings. The monoisotopic (exact) mass is 399 g/mol. The number of hydrogen-bond donors (Lipinski definition) is 1. The Morgan fingerprint density at radius 2 is 2.00 bits per heavy atom. The molecule has 4 rings (SSSR count). The molecular formula is C19H14FN3O2S2. The summed E-state index contributed by atoms with van der Waals surface area (Å²) in [5.74, 6) is 0.254. The average Bonchev–Trinajstić information content (AvgIpc) is 3.27. The second kappa shape index (κ2) is 7.42. The molecule has 2 heterocycles. The first-order valence-electron chi connectivity index (χ1n) is 8.05. The van der Waals surface area contributed by atoms with Gasteiger partial charge in [0.05, 0.1) is 29.4 Å². The number of anilines is 1. The zero-order chi connectivity index (χ0) is 18.8. The molecule has 0 atom stereocenters. The predicted octanol–water partition coefficient (Wildman–Crippen LogP) is 4.75. The summed E-state index contributed by atoms with van der Waals surface area (Å²) in [7, 11) is 1.62. The van der Waals surface area contributed by atoms with Crippen LogP contribution in [0.3, 0.4) is 0 Å². The van der Waals surface area contributed by atoms with Crippen molar-refractivity contribution in [3.8, 4) is 16.3 Å². The number of methoxy groups -OCH3 is 1. The summed E-state index contributed by atoms with van der Waals surface area (Å²) in [4.78, 5) is 21.1. The van der Waals surface area contributed by atoms with E-state index >= 15 is 0 Å². The number of hydrogen-bond acceptors (Lipinski definition) is 6. The third-order valence-corrected chi connectivity index (χ3v) is 5.70. The lowest BCUT2D eigenvalue weighted by molar-refractivity contribution is -0.115. The molecule has 0 aliphatic heterocycles. The number of aromatic nitrogens is 2. The van der Waals surface area contributed by atoms with E-state index in [-0.39, 0.29) is 18.1 Å². The number of rotatable bonds is 5. The van der Waals surface area contributed by atoms with Gasteiger partial charge in [0.1, 0.15) is 16.6 Å². The van der Waals surface area contributed by atoms with Crippen molar-refractivity contribution in [2.75, 3.05) is 12.4 Å². The van der Waals surface area contributed by atoms with Crippen molar-refractivity contribution >= 4 is 43.9 Å². The van der Waals surface area contributed by atoms with Crippen LogP contribution in [0.15, 0.2) is 47.8 Å². The molecule has 0 spiro atoms. The lowest BCUT2D eigenvalue weighted by Crippen LogP contribution is -2.14. The topological polar surface area (TPSA) is 64.1 Å². The molecule has 4 aromatic rings. The third kappa shape index (κ3) is 3.96. The van der Waals surface area contributed by atoms with Gasteiger partial charge in [-0.15, -0.1) is 11.3 Å². The number of ether oxygens (including phenoxy) is 1. The molecule has 2 aromatic carbocycles. The van der Waals surface area contributed by atoms with E-state index in [2.05, 4.69) is 15.3 Å². The first-order chi connectivity index (χ1) is 13.1. The molecule has 5 nitrogen and oxygen atoms in total. The maximum Gasteiger partial charge on any atom is 0.232 e. The van der Waals surface area contributed by atoms with Crippen molar-refractivity contribution in [1.29, 1.82) is 0 Å². The first-order valence-corrected chi connectivity index (χ1v) is 9.75. The quantitative estimate of drug-likeness (QED) is 0.526. The average molecular weight is 399 g/mol. The summed E-state index contributed by atoms with van der Waals surface area (Å²) in [5.41, 5.74) is 2.32. The van der Waals surface area contributed by atoms with Gasteiger partial charge in [-0.05, 0) is 42.5 Å². The molecule has 27 heavy (non-hydrogen) atoms. The molecular weight excluding hydrogens is 385 g/mol. The predicted molar refractivity (Wildman–Crippen MR) is 106 cm³/mol. The van der Waals surface area contributed by atoms with Crippen LogP contribution >= 0.6 is 22.7 Å². The Balaban J connectivity index is 1.43. The van der Waals surface area contributed by atoms with Crippen molar-refractivity contribution in [1.82, 2.24) is 9.97 Å². The van der Waals surface area contributed by atoms with E-state index < -0.39 is 0 Å². The van der Waals surface area contributed by atoms with Gasteiger partial charge in [0.15, 0.2) is 5.13 Å². The number of thiazole rings is 2. The summed E-state index contributed by atoms with van der Waals surface area (Å²) in [6.07, 6.45) is 0.150. The number of halogens is 1. The van der Waals surface area contributed by atoms with Crippen LogP contribution in [-0.4, -0.2) is 23.0 Å². The molecule has 1 N–H and O–H groups in total. The molecule has 0 aliphatic carbocycles. The number of benzene rings is 2. The van der Waals surface area contributed by atoms with Gasteiger partial charge >= 0.3 is 0 Å². The van der Waals surface area contributed by atoms with Crippen LogP contribution in [0.4, 0.5) is 9.52 Å². The van der Waals surface area contributed by atoms with Gasteiger partial charge in [-0.1, -0.05) is 11.3 Å². The number of amides is 1. The van der Waals surface area contributed by atoms with Crippen LogP contribution in [0.5, 0.6) is 5.75 Å². The number of fused-ring (bicyclic) bond motifs is 1. The third-order valence-electron chi connectivity index (χ3n) is 3.83. The van der Waals surface area contributed by atoms with Crippen LogP contribution in [0.25, 0.3) is 20.8 Å². The standard InChI is InChI=1S/C19H14FN3O2S2/c1-25-14-5-2-11(3-6-14)18-21-13(10-26-18)9-17(24)23-19-22-15-7-4-12(20)8-16(15)27-19/h2-8,10H,9H2,1H3,(H,22,23,24). The van der Waals surface area contributed by atoms with E-state index in [9.17, 15) is 9.18 Å². The van der Waals surface area contributed by atoms with Crippen LogP contribution < -0.4 is 10.1 Å². The molecule has 0 saturated carbocycles. The van der Waals surface area contributed by atoms with Crippen LogP contribution in [-0.2, 0) is 11.2 Å². The van der Waals surface area contributed by atoms with E-state index in [4.69, 9.17) is 4.74 Å². The molecule has 1 amide bonds. The Bertz CT molecular complexity index is 1110. The summed E-state index contributed by atoms with van der Waals surface area (Å²) >= 11 is 2.73. The second-order valence-corrected chi connectivity index (χ2v) is 7.62. The molecule has 8 heteroatoms. The summed E-state index contributed by atoms with van der Waals surface area (Å²) < 4.78 is 19.1. The summed E-state index contributed by atoms with van der Waals surface area (Å²) in [5, 5.41) is 5.92. The maximum atomic E-state index is 13.3. The molecule has 0 fully saturated rings. The van der Waals surface area contributed by atoms with Crippen molar-refractivity contribution in [2.45, 2.75) is 6.42 Å². The number of nitrogens with zero attached hydrogens (tertiary/aromatic N) is 2. The van der Waals surface area contributed by atoms with Gasteiger partial charge < -0.3 is 10.1 Å². The van der Waals surface area contributed by atoms with Crippen molar-refractivity contribution in [2.24, 2.45) is 0 Å². The van der Waals surface area contributed by atoms with Crippen molar-refractivity contribution in [3.63, 3.8) is 0 Å². The minimum atomic E-state index is -0.322. The minimum absolute atomic E-state index is 0.150. The van der Waals surface area contributed by atoms with Crippen LogP contribution in [0.2, 0.25) is 0 Å². The highest BCUT2D eigenvalue weighted by molar-refractivity contribution is 7.22. The maximum absolute atomic E-state index is 13.3. The molecule has 0 saturated heterocycles. The van der Waals surface area contributed by atoms with Gasteiger partial charge in [0.2, 0.25) is 5.91 Å². The Morgan fingerprint density at radius 3 is 2.78 bits per heavy atom. The van der Waals surface area contributed by atoms with Gasteiger partial charge in [-0.2, -0.15) is 0 Å². The highest BCUT2D eigenvalue weighted by Gasteiger charge is 2.12. The number of nitrogens with one attached hydrogen (secondary N) is 1. The van der Waals surface area contributed by atoms with Crippen LogP contribution in [0.1, 0.15) is 5.69 Å². The highest BCUT2D eigenvalue weighted by Crippen LogP contribution is 2.28. The Kier molecular flexibility index (Phi) is 4.83. The molecule has 2 aromatic heterocycles. The SMILES string of the molecule is COc1ccc(-c2nc(CC(=O)Nc3nc4ccc(F)cc4s3)cs2)cc1. The van der Waals surface area contributed by atoms with Gasteiger partial charge in [-0.25, -0.2) is 14.4 Å². The normalized spacial score (nSPS) is 10.9. The zero-order valence-corrected chi connectivity index (χ0v) is 15.9. The lowest BCUT2D eigenvalue weighted by atomic mass is 10.2. The fourth-order valence-corrected chi connectivity index (χ4v) is 4.27. The van der Waals surface area contributed by atoms with Crippen molar-refractivity contribution in [3.05, 3.63) is 59.4 Å². The zero-order valence-electron chi connectivity index (χ0n) is 14.2. The van der Waals surface area contributed by atoms with E-state index in [0.29, 0.717) is 21.0 Å². The Labute approximate surface area is 162 Å². The van der Waals surface area contributed by atoms with Gasteiger partial charge in [-0.3, -0.25) is 4.79 Å². The van der Waals surface area contributed by atoms with Crippen LogP contribution in [0, 0.1) is 5.82 Å². The second-order valence-electron chi connectivity index (χ2n) is 5.73. The van der Waals surface area contributed by atoms with Crippen molar-refractivity contribution < 1.29 is 13.9 Å². The fourth-order valence-electron chi connectivity index (χ4n) is 2.53. The fraction of sp³-hybridized carbons (Fsp3) is 0.105.